The van der Waals surface area contributed by atoms with Crippen LogP contribution in [0.2, 0.25) is 0 Å². The molecular weight excluding hydrogens is 304 g/mol. The average Bonchev–Trinajstić information content (AvgIpc) is 2.49. The van der Waals surface area contributed by atoms with Gasteiger partial charge in [-0.15, -0.1) is 0 Å². The fraction of sp³-hybridized carbons (Fsp3) is 0.462. The van der Waals surface area contributed by atoms with Crippen LogP contribution in [0.25, 0.3) is 0 Å². The standard InChI is InChI=1S/C13H15F2NO4S/c1-20-13(17)12-4-2-3-7-16(12)21(18,19)9-5-6-10(14)11(15)8-9/h5-6,8,12H,2-4,7H2,1H3. The van der Waals surface area contributed by atoms with Gasteiger partial charge in [0.05, 0.1) is 12.0 Å². The number of methoxy groups -OCH3 is 1. The summed E-state index contributed by atoms with van der Waals surface area (Å²) in [6.45, 7) is 0.140. The molecule has 2 rings (SSSR count). The Morgan fingerprint density at radius 2 is 2.00 bits per heavy atom. The maximum Gasteiger partial charge on any atom is 0.324 e. The molecule has 1 aromatic carbocycles. The van der Waals surface area contributed by atoms with E-state index in [1.54, 1.807) is 0 Å². The lowest BCUT2D eigenvalue weighted by Gasteiger charge is -2.32. The summed E-state index contributed by atoms with van der Waals surface area (Å²) < 4.78 is 56.8. The van der Waals surface area contributed by atoms with Gasteiger partial charge < -0.3 is 4.74 Å². The lowest BCUT2D eigenvalue weighted by atomic mass is 10.1. The van der Waals surface area contributed by atoms with E-state index in [-0.39, 0.29) is 11.4 Å². The number of carbonyl (C=O) groups is 1. The number of carbonyl (C=O) groups excluding carboxylic acids is 1. The van der Waals surface area contributed by atoms with Crippen molar-refractivity contribution in [3.63, 3.8) is 0 Å². The van der Waals surface area contributed by atoms with E-state index < -0.39 is 33.7 Å². The molecule has 1 aliphatic rings. The van der Waals surface area contributed by atoms with Crippen molar-refractivity contribution in [1.82, 2.24) is 4.31 Å². The molecule has 1 fully saturated rings. The van der Waals surface area contributed by atoms with E-state index in [2.05, 4.69) is 4.74 Å². The van der Waals surface area contributed by atoms with Gasteiger partial charge in [-0.3, -0.25) is 4.79 Å². The molecule has 0 radical (unpaired) electrons. The van der Waals surface area contributed by atoms with Crippen LogP contribution in [0.3, 0.4) is 0 Å². The van der Waals surface area contributed by atoms with Gasteiger partial charge in [-0.05, 0) is 37.5 Å². The minimum absolute atomic E-state index is 0.140. The zero-order valence-electron chi connectivity index (χ0n) is 11.4. The van der Waals surface area contributed by atoms with Crippen LogP contribution in [0.15, 0.2) is 23.1 Å². The zero-order chi connectivity index (χ0) is 15.6. The number of hydrogen-bond donors (Lipinski definition) is 0. The Morgan fingerprint density at radius 3 is 2.62 bits per heavy atom. The second kappa shape index (κ2) is 6.07. The Bertz CT molecular complexity index is 648. The van der Waals surface area contributed by atoms with Gasteiger partial charge in [0.1, 0.15) is 6.04 Å². The third-order valence-corrected chi connectivity index (χ3v) is 5.33. The number of benzene rings is 1. The van der Waals surface area contributed by atoms with Crippen LogP contribution in [-0.4, -0.2) is 38.4 Å². The number of halogens is 2. The molecular formula is C13H15F2NO4S. The molecule has 0 spiro atoms. The number of piperidine rings is 1. The quantitative estimate of drug-likeness (QED) is 0.795. The number of ether oxygens (including phenoxy) is 1. The molecule has 1 unspecified atom stereocenters. The van der Waals surface area contributed by atoms with Gasteiger partial charge in [-0.1, -0.05) is 0 Å². The molecule has 0 aliphatic carbocycles. The van der Waals surface area contributed by atoms with Crippen molar-refractivity contribution in [3.05, 3.63) is 29.8 Å². The van der Waals surface area contributed by atoms with E-state index in [4.69, 9.17) is 0 Å². The highest BCUT2D eigenvalue weighted by atomic mass is 32.2. The van der Waals surface area contributed by atoms with Crippen molar-refractivity contribution >= 4 is 16.0 Å². The molecule has 0 N–H and O–H groups in total. The minimum atomic E-state index is -4.08. The summed E-state index contributed by atoms with van der Waals surface area (Å²) in [5, 5.41) is 0. The van der Waals surface area contributed by atoms with Crippen molar-refractivity contribution in [2.24, 2.45) is 0 Å². The molecule has 1 atom stereocenters. The van der Waals surface area contributed by atoms with Gasteiger partial charge in [0, 0.05) is 6.54 Å². The third-order valence-electron chi connectivity index (χ3n) is 3.42. The summed E-state index contributed by atoms with van der Waals surface area (Å²) in [5.74, 6) is -3.03. The van der Waals surface area contributed by atoms with Gasteiger partial charge in [0.2, 0.25) is 10.0 Å². The van der Waals surface area contributed by atoms with E-state index in [1.807, 2.05) is 0 Å². The molecule has 1 aliphatic heterocycles. The van der Waals surface area contributed by atoms with E-state index >= 15 is 0 Å². The lowest BCUT2D eigenvalue weighted by Crippen LogP contribution is -2.48. The Morgan fingerprint density at radius 1 is 1.29 bits per heavy atom. The Balaban J connectivity index is 2.40. The Labute approximate surface area is 121 Å². The number of hydrogen-bond acceptors (Lipinski definition) is 4. The molecule has 5 nitrogen and oxygen atoms in total. The molecule has 0 saturated carbocycles. The summed E-state index contributed by atoms with van der Waals surface area (Å²) >= 11 is 0. The van der Waals surface area contributed by atoms with Crippen LogP contribution in [0.5, 0.6) is 0 Å². The molecule has 1 saturated heterocycles. The topological polar surface area (TPSA) is 63.7 Å². The molecule has 8 heteroatoms. The van der Waals surface area contributed by atoms with Gasteiger partial charge in [-0.25, -0.2) is 17.2 Å². The molecule has 116 valence electrons. The smallest absolute Gasteiger partial charge is 0.324 e. The van der Waals surface area contributed by atoms with Gasteiger partial charge in [0.15, 0.2) is 11.6 Å². The van der Waals surface area contributed by atoms with E-state index in [9.17, 15) is 22.0 Å². The largest absolute Gasteiger partial charge is 0.468 e. The van der Waals surface area contributed by atoms with Gasteiger partial charge >= 0.3 is 5.97 Å². The van der Waals surface area contributed by atoms with Crippen molar-refractivity contribution < 1.29 is 26.7 Å². The number of sulfonamides is 1. The second-order valence-electron chi connectivity index (χ2n) is 4.73. The highest BCUT2D eigenvalue weighted by Gasteiger charge is 2.38. The molecule has 21 heavy (non-hydrogen) atoms. The predicted molar refractivity (Wildman–Crippen MR) is 69.9 cm³/mol. The monoisotopic (exact) mass is 319 g/mol. The SMILES string of the molecule is COC(=O)C1CCCCN1S(=O)(=O)c1ccc(F)c(F)c1. The normalized spacial score (nSPS) is 20.2. The maximum absolute atomic E-state index is 13.2. The van der Waals surface area contributed by atoms with Crippen LogP contribution in [0.4, 0.5) is 8.78 Å². The molecule has 0 aromatic heterocycles. The second-order valence-corrected chi connectivity index (χ2v) is 6.62. The summed E-state index contributed by atoms with van der Waals surface area (Å²) in [7, 11) is -2.90. The summed E-state index contributed by atoms with van der Waals surface area (Å²) in [5.41, 5.74) is 0. The molecule has 1 heterocycles. The van der Waals surface area contributed by atoms with Crippen molar-refractivity contribution in [3.8, 4) is 0 Å². The average molecular weight is 319 g/mol. The first kappa shape index (κ1) is 15.8. The first-order chi connectivity index (χ1) is 9.87. The van der Waals surface area contributed by atoms with E-state index in [0.29, 0.717) is 25.3 Å². The van der Waals surface area contributed by atoms with Crippen molar-refractivity contribution in [2.45, 2.75) is 30.2 Å². The summed E-state index contributed by atoms with van der Waals surface area (Å²) in [6.07, 6.45) is 1.63. The molecule has 0 bridgehead atoms. The first-order valence-electron chi connectivity index (χ1n) is 6.42. The number of rotatable bonds is 3. The zero-order valence-corrected chi connectivity index (χ0v) is 12.2. The van der Waals surface area contributed by atoms with E-state index in [0.717, 1.165) is 16.4 Å². The summed E-state index contributed by atoms with van der Waals surface area (Å²) in [6, 6.07) is 1.42. The Hall–Kier alpha value is -1.54. The summed E-state index contributed by atoms with van der Waals surface area (Å²) in [4.78, 5) is 11.3. The van der Waals surface area contributed by atoms with Gasteiger partial charge in [0.25, 0.3) is 0 Å². The number of nitrogens with zero attached hydrogens (tertiary/aromatic N) is 1. The van der Waals surface area contributed by atoms with Gasteiger partial charge in [-0.2, -0.15) is 4.31 Å². The van der Waals surface area contributed by atoms with Crippen molar-refractivity contribution in [2.75, 3.05) is 13.7 Å². The maximum atomic E-state index is 13.2. The lowest BCUT2D eigenvalue weighted by molar-refractivity contribution is -0.146. The highest BCUT2D eigenvalue weighted by Crippen LogP contribution is 2.26. The highest BCUT2D eigenvalue weighted by molar-refractivity contribution is 7.89. The first-order valence-corrected chi connectivity index (χ1v) is 7.86. The van der Waals surface area contributed by atoms with Crippen LogP contribution in [0.1, 0.15) is 19.3 Å². The Kier molecular flexibility index (Phi) is 4.58. The van der Waals surface area contributed by atoms with E-state index in [1.165, 1.54) is 7.11 Å². The third kappa shape index (κ3) is 3.06. The van der Waals surface area contributed by atoms with Crippen LogP contribution >= 0.6 is 0 Å². The van der Waals surface area contributed by atoms with Crippen LogP contribution < -0.4 is 0 Å². The minimum Gasteiger partial charge on any atom is -0.468 e. The van der Waals surface area contributed by atoms with Crippen LogP contribution in [-0.2, 0) is 19.6 Å². The van der Waals surface area contributed by atoms with Crippen molar-refractivity contribution in [1.29, 1.82) is 0 Å². The predicted octanol–water partition coefficient (Wildman–Crippen LogP) is 1.68. The number of esters is 1. The molecule has 0 amide bonds. The fourth-order valence-electron chi connectivity index (χ4n) is 2.34. The fourth-order valence-corrected chi connectivity index (χ4v) is 4.00. The molecule has 1 aromatic rings. The van der Waals surface area contributed by atoms with Crippen LogP contribution in [0, 0.1) is 11.6 Å².